The van der Waals surface area contributed by atoms with Crippen molar-refractivity contribution in [3.63, 3.8) is 0 Å². The van der Waals surface area contributed by atoms with Gasteiger partial charge in [-0.1, -0.05) is 36.2 Å². The van der Waals surface area contributed by atoms with Gasteiger partial charge in [-0.25, -0.2) is 0 Å². The van der Waals surface area contributed by atoms with Gasteiger partial charge in [-0.15, -0.1) is 0 Å². The minimum atomic E-state index is 0.333. The molecule has 1 nitrogen and oxygen atoms in total. The Kier molecular flexibility index (Phi) is 3.39. The van der Waals surface area contributed by atoms with Gasteiger partial charge in [0, 0.05) is 0 Å². The number of hydrogen-bond donors (Lipinski definition) is 1. The summed E-state index contributed by atoms with van der Waals surface area (Å²) in [6.45, 7) is 2.68. The van der Waals surface area contributed by atoms with Crippen LogP contribution in [0.3, 0.4) is 0 Å². The number of benzene rings is 1. The molecule has 3 heteroatoms. The maximum atomic E-state index is 5.84. The Bertz CT molecular complexity index is 273. The van der Waals surface area contributed by atoms with E-state index in [0.29, 0.717) is 22.5 Å². The molecule has 0 bridgehead atoms. The van der Waals surface area contributed by atoms with E-state index in [1.807, 2.05) is 12.1 Å². The molecule has 0 spiro atoms. The maximum Gasteiger partial charge on any atom is 0.0595 e. The molecular weight excluding hydrogens is 193 g/mol. The first kappa shape index (κ1) is 9.85. The average molecular weight is 204 g/mol. The fraction of sp³-hybridized carbons (Fsp3) is 0.333. The first-order chi connectivity index (χ1) is 5.65. The lowest BCUT2D eigenvalue weighted by atomic mass is 10.0. The van der Waals surface area contributed by atoms with Crippen LogP contribution in [0.5, 0.6) is 0 Å². The lowest BCUT2D eigenvalue weighted by Gasteiger charge is -2.09. The van der Waals surface area contributed by atoms with Gasteiger partial charge in [0.1, 0.15) is 0 Å². The van der Waals surface area contributed by atoms with Crippen molar-refractivity contribution in [2.75, 3.05) is 6.54 Å². The molecular formula is C9H11Cl2N. The molecule has 0 saturated heterocycles. The lowest BCUT2D eigenvalue weighted by Crippen LogP contribution is -2.08. The third-order valence-corrected chi connectivity index (χ3v) is 2.61. The van der Waals surface area contributed by atoms with Crippen LogP contribution in [0, 0.1) is 0 Å². The second-order valence-corrected chi connectivity index (χ2v) is 3.62. The largest absolute Gasteiger partial charge is 0.330 e. The Morgan fingerprint density at radius 3 is 2.50 bits per heavy atom. The highest BCUT2D eigenvalue weighted by molar-refractivity contribution is 6.42. The monoisotopic (exact) mass is 203 g/mol. The molecule has 0 saturated carbocycles. The van der Waals surface area contributed by atoms with Crippen molar-refractivity contribution >= 4 is 23.2 Å². The van der Waals surface area contributed by atoms with Gasteiger partial charge in [0.2, 0.25) is 0 Å². The Balaban J connectivity index is 2.96. The summed E-state index contributed by atoms with van der Waals surface area (Å²) in [5.41, 5.74) is 6.65. The van der Waals surface area contributed by atoms with Gasteiger partial charge < -0.3 is 5.73 Å². The van der Waals surface area contributed by atoms with Crippen LogP contribution in [-0.4, -0.2) is 6.54 Å². The van der Waals surface area contributed by atoms with Crippen LogP contribution in [0.2, 0.25) is 10.0 Å². The van der Waals surface area contributed by atoms with E-state index in [2.05, 4.69) is 6.92 Å². The third-order valence-electron chi connectivity index (χ3n) is 1.87. The van der Waals surface area contributed by atoms with Crippen LogP contribution in [-0.2, 0) is 0 Å². The summed E-state index contributed by atoms with van der Waals surface area (Å²) in [4.78, 5) is 0. The van der Waals surface area contributed by atoms with Gasteiger partial charge >= 0.3 is 0 Å². The molecule has 0 heterocycles. The Morgan fingerprint density at radius 2 is 2.00 bits per heavy atom. The first-order valence-electron chi connectivity index (χ1n) is 3.80. The normalized spacial score (nSPS) is 13.0. The van der Waals surface area contributed by atoms with Crippen molar-refractivity contribution < 1.29 is 0 Å². The SMILES string of the molecule is C[C@H](CN)c1ccc(Cl)c(Cl)c1. The topological polar surface area (TPSA) is 26.0 Å². The minimum absolute atomic E-state index is 0.333. The number of hydrogen-bond acceptors (Lipinski definition) is 1. The molecule has 12 heavy (non-hydrogen) atoms. The molecule has 0 radical (unpaired) electrons. The van der Waals surface area contributed by atoms with Crippen molar-refractivity contribution in [3.8, 4) is 0 Å². The summed E-state index contributed by atoms with van der Waals surface area (Å²) in [7, 11) is 0. The zero-order valence-corrected chi connectivity index (χ0v) is 8.36. The van der Waals surface area contributed by atoms with E-state index in [9.17, 15) is 0 Å². The summed E-state index contributed by atoms with van der Waals surface area (Å²) in [5, 5.41) is 1.18. The molecule has 0 unspecified atom stereocenters. The number of halogens is 2. The number of rotatable bonds is 2. The molecule has 2 N–H and O–H groups in total. The summed E-state index contributed by atoms with van der Waals surface area (Å²) >= 11 is 11.6. The van der Waals surface area contributed by atoms with Crippen molar-refractivity contribution in [2.24, 2.45) is 5.73 Å². The van der Waals surface area contributed by atoms with Gasteiger partial charge in [-0.2, -0.15) is 0 Å². The summed E-state index contributed by atoms with van der Waals surface area (Å²) in [5.74, 6) is 0.333. The van der Waals surface area contributed by atoms with Gasteiger partial charge in [0.15, 0.2) is 0 Å². The van der Waals surface area contributed by atoms with Gasteiger partial charge in [-0.05, 0) is 30.2 Å². The maximum absolute atomic E-state index is 5.84. The molecule has 1 rings (SSSR count). The zero-order valence-electron chi connectivity index (χ0n) is 6.85. The van der Waals surface area contributed by atoms with E-state index < -0.39 is 0 Å². The predicted molar refractivity (Wildman–Crippen MR) is 53.9 cm³/mol. The van der Waals surface area contributed by atoms with Crippen molar-refractivity contribution in [2.45, 2.75) is 12.8 Å². The highest BCUT2D eigenvalue weighted by atomic mass is 35.5. The van der Waals surface area contributed by atoms with E-state index in [1.165, 1.54) is 0 Å². The standard InChI is InChI=1S/C9H11Cl2N/c1-6(5-12)7-2-3-8(10)9(11)4-7/h2-4,6H,5,12H2,1H3/t6-/m1/s1. The summed E-state index contributed by atoms with van der Waals surface area (Å²) in [6, 6.07) is 5.61. The highest BCUT2D eigenvalue weighted by Crippen LogP contribution is 2.25. The van der Waals surface area contributed by atoms with Gasteiger partial charge in [-0.3, -0.25) is 0 Å². The van der Waals surface area contributed by atoms with Crippen LogP contribution in [0.25, 0.3) is 0 Å². The Labute approximate surface area is 82.5 Å². The van der Waals surface area contributed by atoms with Crippen LogP contribution in [0.4, 0.5) is 0 Å². The Hall–Kier alpha value is -0.240. The van der Waals surface area contributed by atoms with Crippen LogP contribution in [0.15, 0.2) is 18.2 Å². The molecule has 1 atom stereocenters. The van der Waals surface area contributed by atoms with Crippen LogP contribution in [0.1, 0.15) is 18.4 Å². The second-order valence-electron chi connectivity index (χ2n) is 2.81. The molecule has 0 aromatic heterocycles. The van der Waals surface area contributed by atoms with Gasteiger partial charge in [0.05, 0.1) is 10.0 Å². The van der Waals surface area contributed by atoms with Crippen molar-refractivity contribution in [1.82, 2.24) is 0 Å². The van der Waals surface area contributed by atoms with Crippen LogP contribution >= 0.6 is 23.2 Å². The van der Waals surface area contributed by atoms with E-state index in [0.717, 1.165) is 5.56 Å². The molecule has 0 aliphatic carbocycles. The summed E-state index contributed by atoms with van der Waals surface area (Å²) < 4.78 is 0. The van der Waals surface area contributed by atoms with E-state index in [-0.39, 0.29) is 0 Å². The average Bonchev–Trinajstić information content (AvgIpc) is 2.08. The van der Waals surface area contributed by atoms with Crippen LogP contribution < -0.4 is 5.73 Å². The number of nitrogens with two attached hydrogens (primary N) is 1. The zero-order chi connectivity index (χ0) is 9.14. The molecule has 0 amide bonds. The summed E-state index contributed by atoms with van der Waals surface area (Å²) in [6.07, 6.45) is 0. The third kappa shape index (κ3) is 2.13. The van der Waals surface area contributed by atoms with Crippen molar-refractivity contribution in [3.05, 3.63) is 33.8 Å². The molecule has 66 valence electrons. The van der Waals surface area contributed by atoms with Gasteiger partial charge in [0.25, 0.3) is 0 Å². The molecule has 0 aliphatic rings. The van der Waals surface area contributed by atoms with E-state index >= 15 is 0 Å². The highest BCUT2D eigenvalue weighted by Gasteiger charge is 2.04. The minimum Gasteiger partial charge on any atom is -0.330 e. The molecule has 1 aromatic carbocycles. The second kappa shape index (κ2) is 4.13. The van der Waals surface area contributed by atoms with Crippen molar-refractivity contribution in [1.29, 1.82) is 0 Å². The molecule has 1 aromatic rings. The van der Waals surface area contributed by atoms with E-state index in [4.69, 9.17) is 28.9 Å². The molecule has 0 fully saturated rings. The predicted octanol–water partition coefficient (Wildman–Crippen LogP) is 3.06. The Morgan fingerprint density at radius 1 is 1.33 bits per heavy atom. The molecule has 0 aliphatic heterocycles. The quantitative estimate of drug-likeness (QED) is 0.787. The first-order valence-corrected chi connectivity index (χ1v) is 4.55. The smallest absolute Gasteiger partial charge is 0.0595 e. The lowest BCUT2D eigenvalue weighted by molar-refractivity contribution is 0.774. The fourth-order valence-corrected chi connectivity index (χ4v) is 1.26. The fourth-order valence-electron chi connectivity index (χ4n) is 0.955. The van der Waals surface area contributed by atoms with E-state index in [1.54, 1.807) is 6.07 Å².